The highest BCUT2D eigenvalue weighted by Crippen LogP contribution is 2.56. The van der Waals surface area contributed by atoms with Gasteiger partial charge in [-0.3, -0.25) is 0 Å². The molecule has 2 aliphatic heterocycles. The summed E-state index contributed by atoms with van der Waals surface area (Å²) in [4.78, 5) is 0. The molecule has 1 unspecified atom stereocenters. The topological polar surface area (TPSA) is 18.5 Å². The van der Waals surface area contributed by atoms with Crippen molar-refractivity contribution in [2.75, 3.05) is 0 Å². The molecule has 5 rings (SSSR count). The molecule has 0 aliphatic carbocycles. The SMILES string of the molecule is [B]C1(C)C=Cc2c(c3c(c4cc(C)ccc24)OC(C)(C)c2ccc(C)cc2-3)O1. The van der Waals surface area contributed by atoms with Gasteiger partial charge >= 0.3 is 0 Å². The van der Waals surface area contributed by atoms with E-state index in [1.54, 1.807) is 0 Å². The molecule has 0 aromatic heterocycles. The Labute approximate surface area is 167 Å². The van der Waals surface area contributed by atoms with Crippen LogP contribution in [0.5, 0.6) is 11.5 Å². The minimum atomic E-state index is -0.851. The van der Waals surface area contributed by atoms with Crippen molar-refractivity contribution in [1.29, 1.82) is 0 Å². The number of fused-ring (bicyclic) bond motifs is 8. The Hall–Kier alpha value is -2.68. The summed E-state index contributed by atoms with van der Waals surface area (Å²) in [5, 5.41) is 2.24. The summed E-state index contributed by atoms with van der Waals surface area (Å²) in [6.45, 7) is 10.4. The largest absolute Gasteiger partial charge is 0.492 e. The average Bonchev–Trinajstić information content (AvgIpc) is 2.60. The third kappa shape index (κ3) is 2.42. The number of benzene rings is 3. The van der Waals surface area contributed by atoms with Gasteiger partial charge in [-0.25, -0.2) is 0 Å². The summed E-state index contributed by atoms with van der Waals surface area (Å²) >= 11 is 0. The van der Waals surface area contributed by atoms with Crippen LogP contribution in [0.15, 0.2) is 42.5 Å². The second-order valence-corrected chi connectivity index (χ2v) is 8.78. The first kappa shape index (κ1) is 17.4. The molecular formula is C25H23BO2. The first-order chi connectivity index (χ1) is 13.2. The Morgan fingerprint density at radius 2 is 1.54 bits per heavy atom. The zero-order valence-electron chi connectivity index (χ0n) is 17.0. The molecule has 0 N–H and O–H groups in total. The van der Waals surface area contributed by atoms with Crippen LogP contribution in [-0.4, -0.2) is 13.3 Å². The van der Waals surface area contributed by atoms with Crippen LogP contribution >= 0.6 is 0 Å². The molecule has 0 fully saturated rings. The van der Waals surface area contributed by atoms with Gasteiger partial charge in [-0.1, -0.05) is 53.6 Å². The van der Waals surface area contributed by atoms with Gasteiger partial charge in [0.2, 0.25) is 0 Å². The summed E-state index contributed by atoms with van der Waals surface area (Å²) in [6, 6.07) is 13.0. The van der Waals surface area contributed by atoms with Crippen molar-refractivity contribution < 1.29 is 9.47 Å². The van der Waals surface area contributed by atoms with Crippen molar-refractivity contribution in [3.05, 3.63) is 64.7 Å². The first-order valence-electron chi connectivity index (χ1n) is 9.74. The molecule has 28 heavy (non-hydrogen) atoms. The Morgan fingerprint density at radius 3 is 2.32 bits per heavy atom. The van der Waals surface area contributed by atoms with E-state index in [1.807, 2.05) is 13.0 Å². The highest BCUT2D eigenvalue weighted by Gasteiger charge is 2.38. The van der Waals surface area contributed by atoms with Crippen LogP contribution in [-0.2, 0) is 5.60 Å². The Morgan fingerprint density at radius 1 is 0.821 bits per heavy atom. The first-order valence-corrected chi connectivity index (χ1v) is 9.74. The number of rotatable bonds is 0. The van der Waals surface area contributed by atoms with E-state index < -0.39 is 11.1 Å². The van der Waals surface area contributed by atoms with Gasteiger partial charge in [-0.15, -0.1) is 0 Å². The molecule has 2 aliphatic rings. The molecule has 2 heterocycles. The molecule has 138 valence electrons. The molecule has 3 heteroatoms. The third-order valence-corrected chi connectivity index (χ3v) is 5.76. The smallest absolute Gasteiger partial charge is 0.140 e. The molecule has 0 saturated heterocycles. The summed E-state index contributed by atoms with van der Waals surface area (Å²) in [5.74, 6) is 1.69. The van der Waals surface area contributed by atoms with Crippen molar-refractivity contribution in [2.24, 2.45) is 0 Å². The van der Waals surface area contributed by atoms with Gasteiger partial charge in [0.05, 0.1) is 11.1 Å². The Kier molecular flexibility index (Phi) is 3.39. The molecule has 3 aromatic carbocycles. The normalized spacial score (nSPS) is 21.3. The van der Waals surface area contributed by atoms with Crippen LogP contribution in [0.1, 0.15) is 43.0 Å². The van der Waals surface area contributed by atoms with Crippen molar-refractivity contribution in [3.63, 3.8) is 0 Å². The predicted molar refractivity (Wildman–Crippen MR) is 116 cm³/mol. The highest BCUT2D eigenvalue weighted by molar-refractivity contribution is 6.17. The fourth-order valence-electron chi connectivity index (χ4n) is 4.40. The summed E-state index contributed by atoms with van der Waals surface area (Å²) < 4.78 is 13.0. The van der Waals surface area contributed by atoms with Crippen molar-refractivity contribution >= 4 is 24.7 Å². The maximum absolute atomic E-state index is 6.64. The molecule has 2 radical (unpaired) electrons. The van der Waals surface area contributed by atoms with Gasteiger partial charge in [0.1, 0.15) is 24.9 Å². The predicted octanol–water partition coefficient (Wildman–Crippen LogP) is 6.04. The van der Waals surface area contributed by atoms with Gasteiger partial charge in [-0.05, 0) is 51.6 Å². The van der Waals surface area contributed by atoms with Crippen LogP contribution in [0, 0.1) is 13.8 Å². The van der Waals surface area contributed by atoms with E-state index in [2.05, 4.69) is 70.2 Å². The van der Waals surface area contributed by atoms with Gasteiger partial charge in [0, 0.05) is 16.5 Å². The highest BCUT2D eigenvalue weighted by atomic mass is 16.5. The zero-order valence-corrected chi connectivity index (χ0v) is 17.0. The van der Waals surface area contributed by atoms with E-state index >= 15 is 0 Å². The van der Waals surface area contributed by atoms with Crippen LogP contribution in [0.3, 0.4) is 0 Å². The van der Waals surface area contributed by atoms with E-state index in [4.69, 9.17) is 17.3 Å². The van der Waals surface area contributed by atoms with Crippen LogP contribution < -0.4 is 9.47 Å². The molecule has 3 aromatic rings. The summed E-state index contributed by atoms with van der Waals surface area (Å²) in [5.41, 5.74) is 5.53. The zero-order chi connectivity index (χ0) is 19.8. The Balaban J connectivity index is 1.99. The number of ether oxygens (including phenoxy) is 2. The van der Waals surface area contributed by atoms with Crippen LogP contribution in [0.4, 0.5) is 0 Å². The number of hydrogen-bond donors (Lipinski definition) is 0. The molecule has 2 nitrogen and oxygen atoms in total. The number of aryl methyl sites for hydroxylation is 2. The van der Waals surface area contributed by atoms with Crippen LogP contribution in [0.2, 0.25) is 0 Å². The second kappa shape index (κ2) is 5.44. The molecule has 1 atom stereocenters. The van der Waals surface area contributed by atoms with Gasteiger partial charge in [-0.2, -0.15) is 0 Å². The van der Waals surface area contributed by atoms with E-state index in [1.165, 1.54) is 11.1 Å². The maximum atomic E-state index is 6.64. The van der Waals surface area contributed by atoms with E-state index in [-0.39, 0.29) is 0 Å². The summed E-state index contributed by atoms with van der Waals surface area (Å²) in [6.07, 6.45) is 4.01. The molecule has 0 saturated carbocycles. The monoisotopic (exact) mass is 366 g/mol. The number of hydrogen-bond acceptors (Lipinski definition) is 2. The molecular weight excluding hydrogens is 343 g/mol. The second-order valence-electron chi connectivity index (χ2n) is 8.78. The minimum Gasteiger partial charge on any atom is -0.492 e. The van der Waals surface area contributed by atoms with Gasteiger partial charge < -0.3 is 9.47 Å². The summed E-state index contributed by atoms with van der Waals surface area (Å²) in [7, 11) is 6.35. The van der Waals surface area contributed by atoms with Gasteiger partial charge in [0.25, 0.3) is 0 Å². The standard InChI is InChI=1S/C25H23BO2/c1-14-6-8-16-17-10-11-25(5,26)28-22(17)21-19-13-15(2)7-9-20(19)24(3,4)27-23(21)18(16)12-14/h6-13H,1-5H3. The lowest BCUT2D eigenvalue weighted by atomic mass is 9.78. The molecule has 0 spiro atoms. The lowest BCUT2D eigenvalue weighted by Crippen LogP contribution is -2.34. The average molecular weight is 366 g/mol. The van der Waals surface area contributed by atoms with Crippen LogP contribution in [0.25, 0.3) is 28.0 Å². The third-order valence-electron chi connectivity index (χ3n) is 5.76. The maximum Gasteiger partial charge on any atom is 0.140 e. The Bertz CT molecular complexity index is 1190. The van der Waals surface area contributed by atoms with Gasteiger partial charge in [0.15, 0.2) is 0 Å². The van der Waals surface area contributed by atoms with Crippen molar-refractivity contribution in [1.82, 2.24) is 0 Å². The lowest BCUT2D eigenvalue weighted by molar-refractivity contribution is 0.107. The van der Waals surface area contributed by atoms with Crippen molar-refractivity contribution in [3.8, 4) is 22.6 Å². The quantitative estimate of drug-likeness (QED) is 0.452. The van der Waals surface area contributed by atoms with Crippen molar-refractivity contribution in [2.45, 2.75) is 45.7 Å². The fraction of sp³-hybridized carbons (Fsp3) is 0.280. The van der Waals surface area contributed by atoms with E-state index in [9.17, 15) is 0 Å². The minimum absolute atomic E-state index is 0.433. The van der Waals surface area contributed by atoms with E-state index in [0.717, 1.165) is 44.5 Å². The molecule has 0 bridgehead atoms. The van der Waals surface area contributed by atoms with E-state index in [0.29, 0.717) is 0 Å². The fourth-order valence-corrected chi connectivity index (χ4v) is 4.40. The molecule has 0 amide bonds. The lowest BCUT2D eigenvalue weighted by Gasteiger charge is -2.39.